The average Bonchev–Trinajstić information content (AvgIpc) is 3.12. The van der Waals surface area contributed by atoms with Crippen LogP contribution < -0.4 is 5.32 Å². The van der Waals surface area contributed by atoms with Gasteiger partial charge in [-0.15, -0.1) is 0 Å². The molecule has 168 valence electrons. The van der Waals surface area contributed by atoms with Gasteiger partial charge in [0.15, 0.2) is 0 Å². The average molecular weight is 453 g/mol. The van der Waals surface area contributed by atoms with Crippen LogP contribution in [0.2, 0.25) is 0 Å². The molecule has 1 fully saturated rings. The maximum atomic E-state index is 12.9. The molecule has 0 unspecified atom stereocenters. The van der Waals surface area contributed by atoms with Crippen LogP contribution in [0.4, 0.5) is 5.69 Å². The second kappa shape index (κ2) is 8.88. The Kier molecular flexibility index (Phi) is 6.17. The van der Waals surface area contributed by atoms with E-state index in [2.05, 4.69) is 17.3 Å². The van der Waals surface area contributed by atoms with Crippen LogP contribution in [0.1, 0.15) is 41.5 Å². The molecule has 0 saturated carbocycles. The van der Waals surface area contributed by atoms with E-state index in [0.717, 1.165) is 29.9 Å². The van der Waals surface area contributed by atoms with Crippen LogP contribution in [0.15, 0.2) is 59.5 Å². The number of nitrogens with zero attached hydrogens (tertiary/aromatic N) is 3. The molecule has 7 nitrogen and oxygen atoms in total. The summed E-state index contributed by atoms with van der Waals surface area (Å²) in [5, 5.41) is 7.28. The van der Waals surface area contributed by atoms with Gasteiger partial charge in [-0.3, -0.25) is 4.79 Å². The van der Waals surface area contributed by atoms with E-state index in [1.807, 2.05) is 36.7 Å². The quantitative estimate of drug-likeness (QED) is 0.630. The molecule has 1 saturated heterocycles. The first kappa shape index (κ1) is 22.2. The highest BCUT2D eigenvalue weighted by atomic mass is 32.2. The molecule has 2 aromatic carbocycles. The van der Waals surface area contributed by atoms with Gasteiger partial charge in [-0.2, -0.15) is 9.40 Å². The molecule has 1 aliphatic rings. The molecule has 4 rings (SSSR count). The van der Waals surface area contributed by atoms with E-state index < -0.39 is 10.0 Å². The molecule has 1 aromatic heterocycles. The summed E-state index contributed by atoms with van der Waals surface area (Å²) >= 11 is 0. The molecule has 0 spiro atoms. The lowest BCUT2D eigenvalue weighted by Gasteiger charge is -2.29. The Hall–Kier alpha value is -2.97. The van der Waals surface area contributed by atoms with Crippen molar-refractivity contribution in [1.29, 1.82) is 0 Å². The first-order valence-corrected chi connectivity index (χ1v) is 12.2. The van der Waals surface area contributed by atoms with E-state index in [1.165, 1.54) is 0 Å². The number of sulfonamides is 1. The first-order valence-electron chi connectivity index (χ1n) is 10.8. The molecular weight excluding hydrogens is 424 g/mol. The summed E-state index contributed by atoms with van der Waals surface area (Å²) in [6.07, 6.45) is 1.76. The van der Waals surface area contributed by atoms with Gasteiger partial charge in [-0.1, -0.05) is 6.92 Å². The Morgan fingerprint density at radius 1 is 1.00 bits per heavy atom. The zero-order chi connectivity index (χ0) is 22.9. The van der Waals surface area contributed by atoms with Gasteiger partial charge in [0.25, 0.3) is 5.91 Å². The molecule has 2 heterocycles. The van der Waals surface area contributed by atoms with Gasteiger partial charge in [0.2, 0.25) is 10.0 Å². The third-order valence-corrected chi connectivity index (χ3v) is 7.79. The third-order valence-electron chi connectivity index (χ3n) is 5.88. The fourth-order valence-electron chi connectivity index (χ4n) is 3.93. The van der Waals surface area contributed by atoms with Crippen molar-refractivity contribution >= 4 is 21.6 Å². The number of benzene rings is 2. The summed E-state index contributed by atoms with van der Waals surface area (Å²) in [6, 6.07) is 15.5. The maximum Gasteiger partial charge on any atom is 0.255 e. The summed E-state index contributed by atoms with van der Waals surface area (Å²) < 4.78 is 29.1. The molecule has 1 N–H and O–H groups in total. The minimum atomic E-state index is -3.50. The number of aromatic nitrogens is 2. The second-order valence-corrected chi connectivity index (χ2v) is 10.4. The van der Waals surface area contributed by atoms with Crippen molar-refractivity contribution in [3.8, 4) is 5.69 Å². The molecule has 8 heteroatoms. The zero-order valence-electron chi connectivity index (χ0n) is 18.6. The van der Waals surface area contributed by atoms with Gasteiger partial charge in [-0.25, -0.2) is 13.1 Å². The van der Waals surface area contributed by atoms with Crippen molar-refractivity contribution in [2.45, 2.75) is 38.5 Å². The number of piperidine rings is 1. The number of amides is 1. The molecule has 0 radical (unpaired) electrons. The summed E-state index contributed by atoms with van der Waals surface area (Å²) in [7, 11) is -3.50. The minimum Gasteiger partial charge on any atom is -0.322 e. The lowest BCUT2D eigenvalue weighted by molar-refractivity contribution is 0.102. The largest absolute Gasteiger partial charge is 0.322 e. The smallest absolute Gasteiger partial charge is 0.255 e. The zero-order valence-corrected chi connectivity index (χ0v) is 19.4. The highest BCUT2D eigenvalue weighted by Crippen LogP contribution is 2.24. The van der Waals surface area contributed by atoms with Crippen LogP contribution in [0, 0.1) is 19.8 Å². The summed E-state index contributed by atoms with van der Waals surface area (Å²) in [4.78, 5) is 12.9. The van der Waals surface area contributed by atoms with Crippen molar-refractivity contribution in [2.75, 3.05) is 18.4 Å². The highest BCUT2D eigenvalue weighted by Gasteiger charge is 2.27. The van der Waals surface area contributed by atoms with Crippen molar-refractivity contribution in [3.05, 3.63) is 71.5 Å². The summed E-state index contributed by atoms with van der Waals surface area (Å²) in [5.41, 5.74) is 3.89. The number of aryl methyl sites for hydroxylation is 2. The van der Waals surface area contributed by atoms with Crippen LogP contribution >= 0.6 is 0 Å². The fourth-order valence-corrected chi connectivity index (χ4v) is 5.40. The molecule has 32 heavy (non-hydrogen) atoms. The van der Waals surface area contributed by atoms with Crippen molar-refractivity contribution in [3.63, 3.8) is 0 Å². The molecular formula is C24H28N4O3S. The van der Waals surface area contributed by atoms with Crippen LogP contribution in [0.3, 0.4) is 0 Å². The Balaban J connectivity index is 1.43. The topological polar surface area (TPSA) is 84.3 Å². The van der Waals surface area contributed by atoms with Crippen molar-refractivity contribution < 1.29 is 13.2 Å². The maximum absolute atomic E-state index is 12.9. The monoisotopic (exact) mass is 452 g/mol. The molecule has 1 amide bonds. The number of hydrogen-bond donors (Lipinski definition) is 1. The number of rotatable bonds is 5. The van der Waals surface area contributed by atoms with E-state index in [-0.39, 0.29) is 10.8 Å². The van der Waals surface area contributed by atoms with E-state index >= 15 is 0 Å². The van der Waals surface area contributed by atoms with E-state index in [4.69, 9.17) is 0 Å². The summed E-state index contributed by atoms with van der Waals surface area (Å²) in [5.74, 6) is 0.298. The highest BCUT2D eigenvalue weighted by molar-refractivity contribution is 7.89. The Bertz CT molecular complexity index is 1210. The molecule has 3 aromatic rings. The fraction of sp³-hybridized carbons (Fsp3) is 0.333. The van der Waals surface area contributed by atoms with Crippen LogP contribution in [0.25, 0.3) is 5.69 Å². The lowest BCUT2D eigenvalue weighted by atomic mass is 10.0. The van der Waals surface area contributed by atoms with Crippen molar-refractivity contribution in [2.24, 2.45) is 5.92 Å². The predicted octanol–water partition coefficient (Wildman–Crippen LogP) is 4.16. The predicted molar refractivity (Wildman–Crippen MR) is 125 cm³/mol. The van der Waals surface area contributed by atoms with Gasteiger partial charge in [0.1, 0.15) is 0 Å². The number of carbonyl (C=O) groups excluding carboxylic acids is 1. The summed E-state index contributed by atoms with van der Waals surface area (Å²) in [6.45, 7) is 7.17. The second-order valence-electron chi connectivity index (χ2n) is 8.45. The molecule has 0 aliphatic carbocycles. The third kappa shape index (κ3) is 4.61. The van der Waals surface area contributed by atoms with Crippen LogP contribution in [0.5, 0.6) is 0 Å². The SMILES string of the molecule is Cc1cc(C)n(-c2ccc(C(=O)Nc3ccc(S(=O)(=O)N4CCC(C)CC4)cc3)cc2)n1. The number of hydrogen-bond acceptors (Lipinski definition) is 4. The van der Waals surface area contributed by atoms with E-state index in [0.29, 0.717) is 30.3 Å². The normalized spacial score (nSPS) is 15.6. The van der Waals surface area contributed by atoms with E-state index in [9.17, 15) is 13.2 Å². The van der Waals surface area contributed by atoms with Crippen molar-refractivity contribution in [1.82, 2.24) is 14.1 Å². The number of nitrogens with one attached hydrogen (secondary N) is 1. The molecule has 0 atom stereocenters. The standard InChI is InChI=1S/C24H28N4O3S/c1-17-12-14-27(15-13-17)32(30,31)23-10-6-21(7-11-23)25-24(29)20-4-8-22(9-5-20)28-19(3)16-18(2)26-28/h4-11,16-17H,12-15H2,1-3H3,(H,25,29). The lowest BCUT2D eigenvalue weighted by Crippen LogP contribution is -2.37. The Morgan fingerprint density at radius 3 is 2.19 bits per heavy atom. The van der Waals surface area contributed by atoms with Gasteiger partial charge in [-0.05, 0) is 87.2 Å². The molecule has 0 bridgehead atoms. The number of carbonyl (C=O) groups is 1. The minimum absolute atomic E-state index is 0.249. The van der Waals surface area contributed by atoms with Crippen LogP contribution in [-0.4, -0.2) is 41.5 Å². The number of anilines is 1. The van der Waals surface area contributed by atoms with E-state index in [1.54, 1.807) is 40.7 Å². The van der Waals surface area contributed by atoms with Gasteiger partial charge in [0, 0.05) is 30.0 Å². The first-order chi connectivity index (χ1) is 15.2. The Morgan fingerprint density at radius 2 is 1.62 bits per heavy atom. The van der Waals surface area contributed by atoms with Gasteiger partial charge >= 0.3 is 0 Å². The van der Waals surface area contributed by atoms with Crippen LogP contribution in [-0.2, 0) is 10.0 Å². The Labute approximate surface area is 189 Å². The van der Waals surface area contributed by atoms with Gasteiger partial charge in [0.05, 0.1) is 16.3 Å². The molecule has 1 aliphatic heterocycles. The van der Waals surface area contributed by atoms with Gasteiger partial charge < -0.3 is 5.32 Å².